The molecule has 0 atom stereocenters. The lowest BCUT2D eigenvalue weighted by atomic mass is 9.99. The van der Waals surface area contributed by atoms with Gasteiger partial charge in [-0.2, -0.15) is 0 Å². The molecule has 0 spiro atoms. The molecule has 0 heterocycles. The van der Waals surface area contributed by atoms with Crippen molar-refractivity contribution in [1.29, 1.82) is 0 Å². The Hall–Kier alpha value is -3.06. The van der Waals surface area contributed by atoms with E-state index in [0.29, 0.717) is 0 Å². The second-order valence-electron chi connectivity index (χ2n) is 6.86. The van der Waals surface area contributed by atoms with E-state index < -0.39 is 0 Å². The van der Waals surface area contributed by atoms with Crippen molar-refractivity contribution in [2.45, 2.75) is 13.8 Å². The van der Waals surface area contributed by atoms with E-state index in [9.17, 15) is 0 Å². The number of fused-ring (bicyclic) bond motifs is 2. The minimum absolute atomic E-state index is 1.04. The lowest BCUT2D eigenvalue weighted by Crippen LogP contribution is -2.21. The Balaban J connectivity index is 1.67. The van der Waals surface area contributed by atoms with Gasteiger partial charge in [0.15, 0.2) is 0 Å². The van der Waals surface area contributed by atoms with Crippen LogP contribution in [0.25, 0.3) is 33.7 Å². The zero-order valence-corrected chi connectivity index (χ0v) is 16.0. The van der Waals surface area contributed by atoms with E-state index in [-0.39, 0.29) is 0 Å². The molecule has 0 saturated heterocycles. The summed E-state index contributed by atoms with van der Waals surface area (Å²) < 4.78 is 0. The van der Waals surface area contributed by atoms with Crippen LogP contribution in [0.15, 0.2) is 78.9 Å². The second kappa shape index (κ2) is 7.67. The maximum Gasteiger partial charge on any atom is 0.0366 e. The molecule has 1 nitrogen and oxygen atoms in total. The maximum absolute atomic E-state index is 2.36. The van der Waals surface area contributed by atoms with E-state index >= 15 is 0 Å². The minimum Gasteiger partial charge on any atom is -0.372 e. The molecular weight excluding hydrogens is 326 g/mol. The zero-order chi connectivity index (χ0) is 18.6. The van der Waals surface area contributed by atoms with Crippen molar-refractivity contribution in [3.8, 4) is 0 Å². The van der Waals surface area contributed by atoms with Crippen molar-refractivity contribution in [3.63, 3.8) is 0 Å². The van der Waals surface area contributed by atoms with Crippen molar-refractivity contribution in [3.05, 3.63) is 90.0 Å². The molecule has 0 aliphatic rings. The van der Waals surface area contributed by atoms with E-state index in [0.717, 1.165) is 13.1 Å². The smallest absolute Gasteiger partial charge is 0.0366 e. The first-order valence-electron chi connectivity index (χ1n) is 9.73. The van der Waals surface area contributed by atoms with Gasteiger partial charge in [0, 0.05) is 18.8 Å². The topological polar surface area (TPSA) is 3.24 Å². The van der Waals surface area contributed by atoms with Gasteiger partial charge in [0.1, 0.15) is 0 Å². The number of anilines is 1. The Bertz CT molecular complexity index is 1090. The van der Waals surface area contributed by atoms with Crippen LogP contribution in [-0.4, -0.2) is 13.1 Å². The molecule has 0 aliphatic heterocycles. The highest BCUT2D eigenvalue weighted by molar-refractivity contribution is 6.02. The van der Waals surface area contributed by atoms with E-state index in [2.05, 4.69) is 110 Å². The molecule has 0 radical (unpaired) electrons. The predicted octanol–water partition coefficient (Wildman–Crippen LogP) is 7.01. The van der Waals surface area contributed by atoms with Crippen molar-refractivity contribution in [2.75, 3.05) is 18.0 Å². The van der Waals surface area contributed by atoms with Crippen LogP contribution in [0, 0.1) is 0 Å². The molecule has 0 aromatic heterocycles. The van der Waals surface area contributed by atoms with Gasteiger partial charge in [-0.3, -0.25) is 0 Å². The van der Waals surface area contributed by atoms with Gasteiger partial charge in [0.2, 0.25) is 0 Å². The number of nitrogens with zero attached hydrogens (tertiary/aromatic N) is 1. The molecule has 134 valence electrons. The minimum atomic E-state index is 1.04. The summed E-state index contributed by atoms with van der Waals surface area (Å²) in [5.41, 5.74) is 3.77. The summed E-state index contributed by atoms with van der Waals surface area (Å²) in [6, 6.07) is 28.5. The van der Waals surface area contributed by atoms with Crippen LogP contribution < -0.4 is 4.90 Å². The Morgan fingerprint density at radius 2 is 1.33 bits per heavy atom. The average Bonchev–Trinajstić information content (AvgIpc) is 2.72. The summed E-state index contributed by atoms with van der Waals surface area (Å²) in [7, 11) is 0. The third-order valence-electron chi connectivity index (χ3n) is 5.26. The number of benzene rings is 4. The van der Waals surface area contributed by atoms with Crippen molar-refractivity contribution >= 4 is 39.4 Å². The van der Waals surface area contributed by atoms with Crippen LogP contribution in [0.1, 0.15) is 25.0 Å². The highest BCUT2D eigenvalue weighted by atomic mass is 15.1. The fourth-order valence-electron chi connectivity index (χ4n) is 3.71. The van der Waals surface area contributed by atoms with Crippen molar-refractivity contribution < 1.29 is 0 Å². The normalized spacial score (nSPS) is 11.5. The van der Waals surface area contributed by atoms with Gasteiger partial charge < -0.3 is 4.90 Å². The number of hydrogen-bond acceptors (Lipinski definition) is 1. The van der Waals surface area contributed by atoms with Crippen molar-refractivity contribution in [1.82, 2.24) is 0 Å². The molecule has 4 aromatic rings. The first-order chi connectivity index (χ1) is 13.3. The summed E-state index contributed by atoms with van der Waals surface area (Å²) >= 11 is 0. The molecule has 0 bridgehead atoms. The van der Waals surface area contributed by atoms with Crippen LogP contribution in [0.5, 0.6) is 0 Å². The highest BCUT2D eigenvalue weighted by Crippen LogP contribution is 2.27. The van der Waals surface area contributed by atoms with Crippen LogP contribution in [0.4, 0.5) is 5.69 Å². The maximum atomic E-state index is 2.36. The third kappa shape index (κ3) is 3.59. The molecule has 0 fully saturated rings. The van der Waals surface area contributed by atoms with Crippen LogP contribution in [0.3, 0.4) is 0 Å². The van der Waals surface area contributed by atoms with Gasteiger partial charge in [-0.15, -0.1) is 0 Å². The molecular formula is C26H25N. The summed E-state index contributed by atoms with van der Waals surface area (Å²) in [6.07, 6.45) is 4.43. The average molecular weight is 351 g/mol. The highest BCUT2D eigenvalue weighted by Gasteiger charge is 2.02. The van der Waals surface area contributed by atoms with E-state index in [1.54, 1.807) is 0 Å². The van der Waals surface area contributed by atoms with E-state index in [1.165, 1.54) is 38.4 Å². The number of hydrogen-bond donors (Lipinski definition) is 0. The molecule has 0 unspecified atom stereocenters. The van der Waals surface area contributed by atoms with Gasteiger partial charge in [-0.25, -0.2) is 0 Å². The Morgan fingerprint density at radius 1 is 0.667 bits per heavy atom. The molecule has 0 saturated carbocycles. The predicted molar refractivity (Wildman–Crippen MR) is 120 cm³/mol. The van der Waals surface area contributed by atoms with Crippen LogP contribution in [-0.2, 0) is 0 Å². The molecule has 0 N–H and O–H groups in total. The SMILES string of the molecule is CCN(CC)c1ccc(/C=C/c2cccc3cc4ccccc4cc23)cc1. The van der Waals surface area contributed by atoms with Crippen LogP contribution in [0.2, 0.25) is 0 Å². The van der Waals surface area contributed by atoms with Crippen molar-refractivity contribution in [2.24, 2.45) is 0 Å². The summed E-state index contributed by atoms with van der Waals surface area (Å²) in [4.78, 5) is 2.36. The summed E-state index contributed by atoms with van der Waals surface area (Å²) in [5.74, 6) is 0. The summed E-state index contributed by atoms with van der Waals surface area (Å²) in [5, 5.41) is 5.16. The zero-order valence-electron chi connectivity index (χ0n) is 16.0. The van der Waals surface area contributed by atoms with Gasteiger partial charge in [-0.1, -0.05) is 66.7 Å². The first kappa shape index (κ1) is 17.4. The lowest BCUT2D eigenvalue weighted by Gasteiger charge is -2.20. The van der Waals surface area contributed by atoms with E-state index in [4.69, 9.17) is 0 Å². The van der Waals surface area contributed by atoms with E-state index in [1.807, 2.05) is 0 Å². The lowest BCUT2D eigenvalue weighted by molar-refractivity contribution is 0.866. The fourth-order valence-corrected chi connectivity index (χ4v) is 3.71. The standard InChI is InChI=1S/C26H25N/c1-3-27(4-2)25-16-13-20(14-17-25)12-15-21-10-7-11-24-18-22-8-5-6-9-23(22)19-26(21)24/h5-19H,3-4H2,1-2H3/b15-12+. The molecule has 1 heteroatoms. The van der Waals surface area contributed by atoms with Gasteiger partial charge in [-0.05, 0) is 70.8 Å². The Labute approximate surface area is 161 Å². The largest absolute Gasteiger partial charge is 0.372 e. The quantitative estimate of drug-likeness (QED) is 0.276. The van der Waals surface area contributed by atoms with Gasteiger partial charge in [0.25, 0.3) is 0 Å². The molecule has 4 aromatic carbocycles. The summed E-state index contributed by atoms with van der Waals surface area (Å²) in [6.45, 7) is 6.47. The van der Waals surface area contributed by atoms with Gasteiger partial charge in [0.05, 0.1) is 0 Å². The molecule has 0 aliphatic carbocycles. The Morgan fingerprint density at radius 3 is 2.04 bits per heavy atom. The molecule has 27 heavy (non-hydrogen) atoms. The number of rotatable bonds is 5. The molecule has 0 amide bonds. The fraction of sp³-hybridized carbons (Fsp3) is 0.154. The monoisotopic (exact) mass is 351 g/mol. The van der Waals surface area contributed by atoms with Crippen LogP contribution >= 0.6 is 0 Å². The first-order valence-corrected chi connectivity index (χ1v) is 9.73. The Kier molecular flexibility index (Phi) is 4.93. The second-order valence-corrected chi connectivity index (χ2v) is 6.86. The molecule has 4 rings (SSSR count). The third-order valence-corrected chi connectivity index (χ3v) is 5.26. The van der Waals surface area contributed by atoms with Gasteiger partial charge >= 0.3 is 0 Å².